The number of aryl methyl sites for hydroxylation is 2. The fraction of sp³-hybridized carbons (Fsp3) is 0.333. The molecule has 1 heterocycles. The van der Waals surface area contributed by atoms with Crippen molar-refractivity contribution in [3.63, 3.8) is 0 Å². The maximum absolute atomic E-state index is 9.69. The van der Waals surface area contributed by atoms with Crippen molar-refractivity contribution in [2.24, 2.45) is 0 Å². The van der Waals surface area contributed by atoms with Crippen LogP contribution in [0.15, 0.2) is 24.3 Å². The van der Waals surface area contributed by atoms with E-state index in [1.807, 2.05) is 30.5 Å². The summed E-state index contributed by atoms with van der Waals surface area (Å²) in [6.07, 6.45) is -1.01. The summed E-state index contributed by atoms with van der Waals surface area (Å²) in [7, 11) is 1.72. The van der Waals surface area contributed by atoms with Crippen molar-refractivity contribution in [1.82, 2.24) is 9.88 Å². The summed E-state index contributed by atoms with van der Waals surface area (Å²) in [6, 6.07) is 7.60. The number of nitrogens with zero attached hydrogens (tertiary/aromatic N) is 1. The van der Waals surface area contributed by atoms with E-state index in [0.717, 1.165) is 17.1 Å². The van der Waals surface area contributed by atoms with E-state index >= 15 is 0 Å². The van der Waals surface area contributed by atoms with E-state index in [1.165, 1.54) is 0 Å². The molecule has 0 saturated carbocycles. The standard InChI is InChI=1S/C15H18Cl2N2O2/c1-9-4-5-10(2)19(9)11-6-12(16)15(13(17)7-11)21-14(20)8-18-3/h4-7,14,18,20H,8H2,1-3H3. The molecule has 0 saturated heterocycles. The highest BCUT2D eigenvalue weighted by Gasteiger charge is 2.15. The Labute approximate surface area is 134 Å². The second-order valence-corrected chi connectivity index (χ2v) is 5.63. The summed E-state index contributed by atoms with van der Waals surface area (Å²) in [5, 5.41) is 13.2. The molecule has 0 radical (unpaired) electrons. The van der Waals surface area contributed by atoms with Gasteiger partial charge in [-0.2, -0.15) is 0 Å². The Bertz CT molecular complexity index is 598. The lowest BCUT2D eigenvalue weighted by Gasteiger charge is -2.17. The zero-order valence-electron chi connectivity index (χ0n) is 12.2. The highest BCUT2D eigenvalue weighted by Crippen LogP contribution is 2.36. The third kappa shape index (κ3) is 3.52. The van der Waals surface area contributed by atoms with Crippen molar-refractivity contribution in [3.05, 3.63) is 45.7 Å². The van der Waals surface area contributed by atoms with Crippen LogP contribution in [0, 0.1) is 13.8 Å². The van der Waals surface area contributed by atoms with Gasteiger partial charge in [0, 0.05) is 17.1 Å². The summed E-state index contributed by atoms with van der Waals surface area (Å²) in [5.41, 5.74) is 3.03. The number of aliphatic hydroxyl groups is 1. The Morgan fingerprint density at radius 1 is 1.19 bits per heavy atom. The number of benzene rings is 1. The number of nitrogens with one attached hydrogen (secondary N) is 1. The van der Waals surface area contributed by atoms with Gasteiger partial charge in [0.1, 0.15) is 0 Å². The molecule has 1 aromatic carbocycles. The van der Waals surface area contributed by atoms with Crippen molar-refractivity contribution in [2.75, 3.05) is 13.6 Å². The fourth-order valence-corrected chi connectivity index (χ4v) is 2.78. The molecule has 0 aliphatic rings. The first-order chi connectivity index (χ1) is 9.93. The van der Waals surface area contributed by atoms with Crippen LogP contribution in [0.25, 0.3) is 5.69 Å². The minimum atomic E-state index is -1.01. The van der Waals surface area contributed by atoms with Gasteiger partial charge in [-0.05, 0) is 45.2 Å². The smallest absolute Gasteiger partial charge is 0.210 e. The van der Waals surface area contributed by atoms with Gasteiger partial charge in [-0.25, -0.2) is 0 Å². The number of ether oxygens (including phenoxy) is 1. The average molecular weight is 329 g/mol. The van der Waals surface area contributed by atoms with Gasteiger partial charge in [0.05, 0.1) is 16.6 Å². The van der Waals surface area contributed by atoms with Crippen LogP contribution in [0.3, 0.4) is 0 Å². The predicted molar refractivity (Wildman–Crippen MR) is 85.8 cm³/mol. The van der Waals surface area contributed by atoms with Crippen LogP contribution in [-0.4, -0.2) is 29.6 Å². The number of rotatable bonds is 5. The molecule has 2 aromatic rings. The highest BCUT2D eigenvalue weighted by atomic mass is 35.5. The van der Waals surface area contributed by atoms with Crippen LogP contribution >= 0.6 is 23.2 Å². The molecule has 0 spiro atoms. The van der Waals surface area contributed by atoms with Crippen molar-refractivity contribution in [3.8, 4) is 11.4 Å². The van der Waals surface area contributed by atoms with Gasteiger partial charge in [-0.1, -0.05) is 23.2 Å². The number of aliphatic hydroxyl groups excluding tert-OH is 1. The molecule has 0 amide bonds. The topological polar surface area (TPSA) is 46.4 Å². The zero-order chi connectivity index (χ0) is 15.6. The molecule has 0 aliphatic carbocycles. The molecule has 1 unspecified atom stereocenters. The number of likely N-dealkylation sites (N-methyl/N-ethyl adjacent to an activating group) is 1. The summed E-state index contributed by atoms with van der Waals surface area (Å²) in [6.45, 7) is 4.30. The molecule has 0 fully saturated rings. The van der Waals surface area contributed by atoms with E-state index in [2.05, 4.69) is 5.32 Å². The molecule has 1 atom stereocenters. The average Bonchev–Trinajstić information content (AvgIpc) is 2.73. The Morgan fingerprint density at radius 3 is 2.19 bits per heavy atom. The van der Waals surface area contributed by atoms with Gasteiger partial charge in [-0.3, -0.25) is 0 Å². The van der Waals surface area contributed by atoms with Crippen LogP contribution in [-0.2, 0) is 0 Å². The fourth-order valence-electron chi connectivity index (χ4n) is 2.22. The van der Waals surface area contributed by atoms with Crippen LogP contribution < -0.4 is 10.1 Å². The van der Waals surface area contributed by atoms with E-state index in [9.17, 15) is 5.11 Å². The van der Waals surface area contributed by atoms with Crippen LogP contribution in [0.5, 0.6) is 5.75 Å². The van der Waals surface area contributed by atoms with E-state index in [4.69, 9.17) is 27.9 Å². The van der Waals surface area contributed by atoms with Crippen molar-refractivity contribution in [1.29, 1.82) is 0 Å². The van der Waals surface area contributed by atoms with Crippen LogP contribution in [0.2, 0.25) is 10.0 Å². The number of halogens is 2. The third-order valence-corrected chi connectivity index (χ3v) is 3.71. The Morgan fingerprint density at radius 2 is 1.71 bits per heavy atom. The third-order valence-electron chi connectivity index (χ3n) is 3.15. The van der Waals surface area contributed by atoms with Gasteiger partial charge in [-0.15, -0.1) is 0 Å². The maximum atomic E-state index is 9.69. The summed E-state index contributed by atoms with van der Waals surface area (Å²) < 4.78 is 7.42. The van der Waals surface area contributed by atoms with Crippen LogP contribution in [0.4, 0.5) is 0 Å². The van der Waals surface area contributed by atoms with E-state index in [1.54, 1.807) is 19.2 Å². The summed E-state index contributed by atoms with van der Waals surface area (Å²) in [5.74, 6) is 0.285. The van der Waals surface area contributed by atoms with Gasteiger partial charge in [0.15, 0.2) is 5.75 Å². The molecule has 21 heavy (non-hydrogen) atoms. The zero-order valence-corrected chi connectivity index (χ0v) is 13.7. The lowest BCUT2D eigenvalue weighted by Crippen LogP contribution is -2.28. The Hall–Kier alpha value is -1.20. The summed E-state index contributed by atoms with van der Waals surface area (Å²) in [4.78, 5) is 0. The quantitative estimate of drug-likeness (QED) is 0.828. The molecule has 0 aliphatic heterocycles. The largest absolute Gasteiger partial charge is 0.461 e. The van der Waals surface area contributed by atoms with Crippen molar-refractivity contribution < 1.29 is 9.84 Å². The first kappa shape index (κ1) is 16.2. The Balaban J connectivity index is 2.38. The van der Waals surface area contributed by atoms with E-state index in [0.29, 0.717) is 10.0 Å². The molecule has 2 rings (SSSR count). The molecule has 6 heteroatoms. The second-order valence-electron chi connectivity index (χ2n) is 4.82. The molecule has 0 bridgehead atoms. The van der Waals surface area contributed by atoms with Crippen LogP contribution in [0.1, 0.15) is 11.4 Å². The Kier molecular flexibility index (Phi) is 5.17. The molecule has 1 aromatic heterocycles. The van der Waals surface area contributed by atoms with Crippen molar-refractivity contribution in [2.45, 2.75) is 20.1 Å². The predicted octanol–water partition coefficient (Wildman–Crippen LogP) is 3.32. The number of hydrogen-bond acceptors (Lipinski definition) is 3. The van der Waals surface area contributed by atoms with Gasteiger partial charge in [0.25, 0.3) is 0 Å². The lowest BCUT2D eigenvalue weighted by molar-refractivity contribution is -0.0136. The molecular formula is C15H18Cl2N2O2. The second kappa shape index (κ2) is 6.71. The maximum Gasteiger partial charge on any atom is 0.210 e. The molecule has 2 N–H and O–H groups in total. The number of aromatic nitrogens is 1. The normalized spacial score (nSPS) is 12.5. The van der Waals surface area contributed by atoms with Gasteiger partial charge in [0.2, 0.25) is 6.29 Å². The SMILES string of the molecule is CNCC(O)Oc1c(Cl)cc(-n2c(C)ccc2C)cc1Cl. The van der Waals surface area contributed by atoms with Gasteiger partial charge >= 0.3 is 0 Å². The minimum Gasteiger partial charge on any atom is -0.461 e. The first-order valence-electron chi connectivity index (χ1n) is 6.57. The van der Waals surface area contributed by atoms with Gasteiger partial charge < -0.3 is 19.7 Å². The number of hydrogen-bond donors (Lipinski definition) is 2. The summed E-state index contributed by atoms with van der Waals surface area (Å²) >= 11 is 12.5. The molecular weight excluding hydrogens is 311 g/mol. The molecule has 114 valence electrons. The minimum absolute atomic E-state index is 0.282. The first-order valence-corrected chi connectivity index (χ1v) is 7.33. The van der Waals surface area contributed by atoms with E-state index < -0.39 is 6.29 Å². The van der Waals surface area contributed by atoms with E-state index in [-0.39, 0.29) is 12.3 Å². The highest BCUT2D eigenvalue weighted by molar-refractivity contribution is 6.37. The van der Waals surface area contributed by atoms with Crippen molar-refractivity contribution >= 4 is 23.2 Å². The molecule has 4 nitrogen and oxygen atoms in total. The monoisotopic (exact) mass is 328 g/mol. The lowest BCUT2D eigenvalue weighted by atomic mass is 10.2.